The predicted octanol–water partition coefficient (Wildman–Crippen LogP) is 3.91. The minimum Gasteiger partial charge on any atom is -0.399 e. The molecule has 2 aromatic carbocycles. The molecular formula is C17H22N2. The average Bonchev–Trinajstić information content (AvgIpc) is 2.41. The third-order valence-electron chi connectivity index (χ3n) is 3.55. The molecule has 2 aromatic rings. The molecule has 2 N–H and O–H groups in total. The largest absolute Gasteiger partial charge is 0.399 e. The van der Waals surface area contributed by atoms with Crippen molar-refractivity contribution in [3.63, 3.8) is 0 Å². The molecule has 0 aliphatic heterocycles. The Balaban J connectivity index is 2.24. The Hall–Kier alpha value is -1.96. The summed E-state index contributed by atoms with van der Waals surface area (Å²) in [5, 5.41) is 0. The lowest BCUT2D eigenvalue weighted by molar-refractivity contribution is 0.827. The Kier molecular flexibility index (Phi) is 4.10. The number of aryl methyl sites for hydroxylation is 2. The zero-order valence-corrected chi connectivity index (χ0v) is 12.0. The molecule has 0 spiro atoms. The first kappa shape index (κ1) is 13.5. The van der Waals surface area contributed by atoms with Crippen molar-refractivity contribution in [2.45, 2.75) is 27.3 Å². The van der Waals surface area contributed by atoms with Crippen LogP contribution in [0.3, 0.4) is 0 Å². The molecule has 19 heavy (non-hydrogen) atoms. The SMILES string of the molecule is CCN(Cc1ccc(N)c(C)c1)c1ccccc1C. The van der Waals surface area contributed by atoms with E-state index in [1.165, 1.54) is 16.8 Å². The fourth-order valence-corrected chi connectivity index (χ4v) is 2.34. The fourth-order valence-electron chi connectivity index (χ4n) is 2.34. The summed E-state index contributed by atoms with van der Waals surface area (Å²) in [6.07, 6.45) is 0. The molecule has 2 nitrogen and oxygen atoms in total. The van der Waals surface area contributed by atoms with Crippen LogP contribution in [0.25, 0.3) is 0 Å². The number of anilines is 2. The molecule has 0 atom stereocenters. The third kappa shape index (κ3) is 3.08. The Labute approximate surface area is 115 Å². The summed E-state index contributed by atoms with van der Waals surface area (Å²) >= 11 is 0. The van der Waals surface area contributed by atoms with Crippen molar-refractivity contribution >= 4 is 11.4 Å². The van der Waals surface area contributed by atoms with Crippen LogP contribution >= 0.6 is 0 Å². The highest BCUT2D eigenvalue weighted by Crippen LogP contribution is 2.22. The average molecular weight is 254 g/mol. The van der Waals surface area contributed by atoms with Crippen molar-refractivity contribution < 1.29 is 0 Å². The zero-order valence-electron chi connectivity index (χ0n) is 12.0. The summed E-state index contributed by atoms with van der Waals surface area (Å²) in [4.78, 5) is 2.39. The van der Waals surface area contributed by atoms with Crippen molar-refractivity contribution in [2.75, 3.05) is 17.2 Å². The third-order valence-corrected chi connectivity index (χ3v) is 3.55. The second kappa shape index (κ2) is 5.79. The van der Waals surface area contributed by atoms with Gasteiger partial charge in [-0.15, -0.1) is 0 Å². The maximum absolute atomic E-state index is 5.87. The van der Waals surface area contributed by atoms with Crippen LogP contribution in [0.1, 0.15) is 23.6 Å². The monoisotopic (exact) mass is 254 g/mol. The van der Waals surface area contributed by atoms with E-state index in [0.29, 0.717) is 0 Å². The van der Waals surface area contributed by atoms with E-state index in [1.54, 1.807) is 0 Å². The van der Waals surface area contributed by atoms with Crippen LogP contribution in [0, 0.1) is 13.8 Å². The number of hydrogen-bond donors (Lipinski definition) is 1. The topological polar surface area (TPSA) is 29.3 Å². The number of nitrogens with two attached hydrogens (primary N) is 1. The predicted molar refractivity (Wildman–Crippen MR) is 83.5 cm³/mol. The molecule has 100 valence electrons. The highest BCUT2D eigenvalue weighted by atomic mass is 15.1. The van der Waals surface area contributed by atoms with E-state index in [0.717, 1.165) is 24.3 Å². The van der Waals surface area contributed by atoms with E-state index < -0.39 is 0 Å². The molecule has 0 saturated heterocycles. The van der Waals surface area contributed by atoms with Gasteiger partial charge in [0.05, 0.1) is 0 Å². The van der Waals surface area contributed by atoms with Gasteiger partial charge in [0, 0.05) is 24.5 Å². The van der Waals surface area contributed by atoms with Crippen molar-refractivity contribution in [3.8, 4) is 0 Å². The highest BCUT2D eigenvalue weighted by molar-refractivity contribution is 5.54. The molecule has 0 saturated carbocycles. The summed E-state index contributed by atoms with van der Waals surface area (Å²) < 4.78 is 0. The van der Waals surface area contributed by atoms with Gasteiger partial charge >= 0.3 is 0 Å². The molecule has 0 aromatic heterocycles. The van der Waals surface area contributed by atoms with Crippen LogP contribution in [0.2, 0.25) is 0 Å². The Morgan fingerprint density at radius 3 is 2.37 bits per heavy atom. The van der Waals surface area contributed by atoms with Gasteiger partial charge in [0.1, 0.15) is 0 Å². The van der Waals surface area contributed by atoms with Crippen LogP contribution < -0.4 is 10.6 Å². The first-order chi connectivity index (χ1) is 9.11. The van der Waals surface area contributed by atoms with Gasteiger partial charge in [0.2, 0.25) is 0 Å². The number of hydrogen-bond acceptors (Lipinski definition) is 2. The van der Waals surface area contributed by atoms with Gasteiger partial charge in [0.25, 0.3) is 0 Å². The Bertz CT molecular complexity index is 561. The summed E-state index contributed by atoms with van der Waals surface area (Å²) in [5.74, 6) is 0. The molecular weight excluding hydrogens is 232 g/mol. The lowest BCUT2D eigenvalue weighted by atomic mass is 10.1. The summed E-state index contributed by atoms with van der Waals surface area (Å²) in [6, 6.07) is 14.8. The molecule has 2 heteroatoms. The van der Waals surface area contributed by atoms with Gasteiger partial charge in [-0.2, -0.15) is 0 Å². The number of benzene rings is 2. The molecule has 0 fully saturated rings. The lowest BCUT2D eigenvalue weighted by Gasteiger charge is -2.25. The first-order valence-corrected chi connectivity index (χ1v) is 6.77. The molecule has 2 rings (SSSR count). The van der Waals surface area contributed by atoms with Crippen molar-refractivity contribution in [1.82, 2.24) is 0 Å². The van der Waals surface area contributed by atoms with Crippen LogP contribution in [0.15, 0.2) is 42.5 Å². The quantitative estimate of drug-likeness (QED) is 0.838. The molecule has 0 aliphatic rings. The summed E-state index contributed by atoms with van der Waals surface area (Å²) in [7, 11) is 0. The molecule has 0 radical (unpaired) electrons. The van der Waals surface area contributed by atoms with E-state index in [1.807, 2.05) is 6.07 Å². The van der Waals surface area contributed by atoms with Crippen LogP contribution in [0.5, 0.6) is 0 Å². The second-order valence-corrected chi connectivity index (χ2v) is 4.99. The Morgan fingerprint density at radius 2 is 1.74 bits per heavy atom. The van der Waals surface area contributed by atoms with Gasteiger partial charge in [-0.3, -0.25) is 0 Å². The molecule has 0 bridgehead atoms. The van der Waals surface area contributed by atoms with Crippen molar-refractivity contribution in [3.05, 3.63) is 59.2 Å². The number of nitrogens with zero attached hydrogens (tertiary/aromatic N) is 1. The van der Waals surface area contributed by atoms with Crippen LogP contribution in [-0.2, 0) is 6.54 Å². The second-order valence-electron chi connectivity index (χ2n) is 4.99. The van der Waals surface area contributed by atoms with E-state index in [-0.39, 0.29) is 0 Å². The summed E-state index contributed by atoms with van der Waals surface area (Å²) in [5.41, 5.74) is 11.8. The highest BCUT2D eigenvalue weighted by Gasteiger charge is 2.08. The minimum absolute atomic E-state index is 0.864. The van der Waals surface area contributed by atoms with Crippen molar-refractivity contribution in [1.29, 1.82) is 0 Å². The molecule has 0 unspecified atom stereocenters. The molecule has 0 amide bonds. The van der Waals surface area contributed by atoms with Crippen LogP contribution in [-0.4, -0.2) is 6.54 Å². The maximum Gasteiger partial charge on any atom is 0.0429 e. The van der Waals surface area contributed by atoms with Gasteiger partial charge in [-0.1, -0.05) is 30.3 Å². The lowest BCUT2D eigenvalue weighted by Crippen LogP contribution is -2.22. The van der Waals surface area contributed by atoms with Gasteiger partial charge in [-0.25, -0.2) is 0 Å². The smallest absolute Gasteiger partial charge is 0.0429 e. The molecule has 0 aliphatic carbocycles. The first-order valence-electron chi connectivity index (χ1n) is 6.77. The van der Waals surface area contributed by atoms with E-state index in [9.17, 15) is 0 Å². The maximum atomic E-state index is 5.87. The van der Waals surface area contributed by atoms with Gasteiger partial charge in [0.15, 0.2) is 0 Å². The van der Waals surface area contributed by atoms with Gasteiger partial charge < -0.3 is 10.6 Å². The fraction of sp³-hybridized carbons (Fsp3) is 0.294. The normalized spacial score (nSPS) is 10.5. The number of rotatable bonds is 4. The number of nitrogen functional groups attached to an aromatic ring is 1. The van der Waals surface area contributed by atoms with Gasteiger partial charge in [-0.05, 0) is 49.6 Å². The van der Waals surface area contributed by atoms with E-state index >= 15 is 0 Å². The standard InChI is InChI=1S/C17H22N2/c1-4-19(17-8-6-5-7-13(17)2)12-15-9-10-16(18)14(3)11-15/h5-11H,4,12,18H2,1-3H3. The van der Waals surface area contributed by atoms with E-state index in [2.05, 4.69) is 62.1 Å². The van der Waals surface area contributed by atoms with Crippen LogP contribution in [0.4, 0.5) is 11.4 Å². The van der Waals surface area contributed by atoms with E-state index in [4.69, 9.17) is 5.73 Å². The molecule has 0 heterocycles. The zero-order chi connectivity index (χ0) is 13.8. The minimum atomic E-state index is 0.864. The Morgan fingerprint density at radius 1 is 1.00 bits per heavy atom. The summed E-state index contributed by atoms with van der Waals surface area (Å²) in [6.45, 7) is 8.32. The van der Waals surface area contributed by atoms with Crippen molar-refractivity contribution in [2.24, 2.45) is 0 Å². The number of para-hydroxylation sites is 1.